The van der Waals surface area contributed by atoms with Gasteiger partial charge in [-0.25, -0.2) is 0 Å². The van der Waals surface area contributed by atoms with Crippen molar-refractivity contribution in [3.63, 3.8) is 0 Å². The summed E-state index contributed by atoms with van der Waals surface area (Å²) in [5, 5.41) is 11.6. The van der Waals surface area contributed by atoms with Gasteiger partial charge >= 0.3 is 0 Å². The molecule has 574 valence electrons. The number of hydrogen-bond acceptors (Lipinski definition) is 4. The maximum atomic E-state index is 2.65. The Balaban J connectivity index is 1.09. The lowest BCUT2D eigenvalue weighted by molar-refractivity contribution is 0.376. The molecule has 0 unspecified atom stereocenters. The molecule has 0 heterocycles. The minimum absolute atomic E-state index is 0.767. The summed E-state index contributed by atoms with van der Waals surface area (Å²) >= 11 is 0. The van der Waals surface area contributed by atoms with E-state index in [2.05, 4.69) is 457 Å². The second-order valence-corrected chi connectivity index (χ2v) is 81.5. The van der Waals surface area contributed by atoms with E-state index in [1.54, 1.807) is 0 Å². The zero-order valence-electron chi connectivity index (χ0n) is 72.2. The summed E-state index contributed by atoms with van der Waals surface area (Å²) in [6, 6.07) is 107. The quantitative estimate of drug-likeness (QED) is 0.0665. The third kappa shape index (κ3) is 15.1. The standard InChI is InChI=1S/C100H122N4Si8/c1-99(95-67-79(101(71-27-47-83(48-28-71)105(3,4)5)72-29-49-84(50-30-72)106(6,7)8)43-63-91(95)92-64-44-80(68-96(92)99)102(73-31-51-85(52-32-73)107(9,10)11)74-33-53-86(54-34-74)108(12,13)14)100(2)97-69-81(103(75-35-55-87(56-36-75)109(15,16)17)76-37-57-88(58-38-76)110(18,19)20)45-65-93(97)94-66-46-82(70-98(94)100)104(77-39-59-89(60-40-77)111(21,22)23)78-41-61-90(62-42-78)112(24,25)26/h27-70H,1-26H3. The molecule has 12 heteroatoms. The van der Waals surface area contributed by atoms with E-state index in [1.165, 1.54) is 86.0 Å². The Labute approximate surface area is 681 Å². The number of fused-ring (bicyclic) bond motifs is 6. The minimum Gasteiger partial charge on any atom is -0.310 e. The Hall–Kier alpha value is -8.42. The van der Waals surface area contributed by atoms with Crippen LogP contribution in [0.15, 0.2) is 267 Å². The molecule has 4 nitrogen and oxygen atoms in total. The Bertz CT molecular complexity index is 4550. The second-order valence-electron chi connectivity index (χ2n) is 40.9. The van der Waals surface area contributed by atoms with Gasteiger partial charge in [-0.3, -0.25) is 0 Å². The molecular formula is C100H122N4Si8. The van der Waals surface area contributed by atoms with Crippen LogP contribution >= 0.6 is 0 Å². The fraction of sp³-hybridized carbons (Fsp3) is 0.280. The largest absolute Gasteiger partial charge is 0.310 e. The van der Waals surface area contributed by atoms with Crippen LogP contribution in [-0.2, 0) is 10.8 Å². The van der Waals surface area contributed by atoms with Crippen LogP contribution in [-0.4, -0.2) is 64.6 Å². The topological polar surface area (TPSA) is 13.0 Å². The van der Waals surface area contributed by atoms with Crippen LogP contribution < -0.4 is 61.1 Å². The summed E-state index contributed by atoms with van der Waals surface area (Å²) in [5.41, 5.74) is 22.6. The van der Waals surface area contributed by atoms with Crippen molar-refractivity contribution < 1.29 is 0 Å². The SMILES string of the molecule is CC1(C2(C)c3cc(N(c4ccc([Si](C)(C)C)cc4)c4ccc([Si](C)(C)C)cc4)ccc3-c3ccc(N(c4ccc([Si](C)(C)C)cc4)c4ccc([Si](C)(C)C)cc4)cc32)c2cc(N(c3ccc([Si](C)(C)C)cc3)c3ccc([Si](C)(C)C)cc3)ccc2-c2ccc(N(c3ccc([Si](C)(C)C)cc3)c3ccc([Si](C)(C)C)cc3)cc21. The van der Waals surface area contributed by atoms with Crippen LogP contribution in [0.25, 0.3) is 22.3 Å². The Morgan fingerprint density at radius 1 is 0.152 bits per heavy atom. The monoisotopic (exact) mass is 1600 g/mol. The van der Waals surface area contributed by atoms with Crippen molar-refractivity contribution in [2.45, 2.75) is 182 Å². The van der Waals surface area contributed by atoms with E-state index in [1.807, 2.05) is 0 Å². The molecule has 0 N–H and O–H groups in total. The smallest absolute Gasteiger partial charge is 0.0775 e. The van der Waals surface area contributed by atoms with Crippen LogP contribution in [0, 0.1) is 0 Å². The van der Waals surface area contributed by atoms with Crippen molar-refractivity contribution in [2.75, 3.05) is 19.6 Å². The molecule has 0 aromatic heterocycles. The second kappa shape index (κ2) is 28.8. The number of nitrogens with zero attached hydrogens (tertiary/aromatic N) is 4. The lowest BCUT2D eigenvalue weighted by atomic mass is 9.56. The van der Waals surface area contributed by atoms with Crippen molar-refractivity contribution in [2.24, 2.45) is 0 Å². The van der Waals surface area contributed by atoms with Crippen molar-refractivity contribution in [3.05, 3.63) is 289 Å². The first-order chi connectivity index (χ1) is 52.3. The van der Waals surface area contributed by atoms with Gasteiger partial charge in [0.1, 0.15) is 0 Å². The number of anilines is 12. The molecule has 0 saturated carbocycles. The normalized spacial score (nSPS) is 14.1. The van der Waals surface area contributed by atoms with Gasteiger partial charge in [-0.15, -0.1) is 0 Å². The number of benzene rings is 12. The van der Waals surface area contributed by atoms with Gasteiger partial charge in [-0.2, -0.15) is 0 Å². The summed E-state index contributed by atoms with van der Waals surface area (Å²) in [7, 11) is -13.3. The molecule has 0 fully saturated rings. The molecule has 0 aliphatic heterocycles. The van der Waals surface area contributed by atoms with Crippen LogP contribution in [0.1, 0.15) is 36.1 Å². The van der Waals surface area contributed by atoms with E-state index in [0.29, 0.717) is 0 Å². The molecule has 12 aromatic carbocycles. The zero-order chi connectivity index (χ0) is 80.6. The van der Waals surface area contributed by atoms with Crippen molar-refractivity contribution in [1.29, 1.82) is 0 Å². The maximum Gasteiger partial charge on any atom is 0.0775 e. The van der Waals surface area contributed by atoms with Crippen molar-refractivity contribution in [1.82, 2.24) is 0 Å². The first-order valence-corrected chi connectivity index (χ1v) is 69.0. The molecule has 0 amide bonds. The minimum atomic E-state index is -1.66. The van der Waals surface area contributed by atoms with E-state index < -0.39 is 75.4 Å². The van der Waals surface area contributed by atoms with E-state index >= 15 is 0 Å². The third-order valence-electron chi connectivity index (χ3n) is 24.7. The predicted octanol–water partition coefficient (Wildman–Crippen LogP) is 25.2. The van der Waals surface area contributed by atoms with Crippen LogP contribution in [0.5, 0.6) is 0 Å². The van der Waals surface area contributed by atoms with Gasteiger partial charge in [0.25, 0.3) is 0 Å². The van der Waals surface area contributed by atoms with Crippen LogP contribution in [0.4, 0.5) is 68.2 Å². The third-order valence-corrected chi connectivity index (χ3v) is 41.2. The van der Waals surface area contributed by atoms with E-state index in [-0.39, 0.29) is 0 Å². The van der Waals surface area contributed by atoms with Gasteiger partial charge in [0.15, 0.2) is 0 Å². The van der Waals surface area contributed by atoms with Gasteiger partial charge < -0.3 is 19.6 Å². The average molecular weight is 1600 g/mol. The molecule has 0 spiro atoms. The highest BCUT2D eigenvalue weighted by molar-refractivity contribution is 6.91. The van der Waals surface area contributed by atoms with Crippen LogP contribution in [0.2, 0.25) is 157 Å². The number of hydrogen-bond donors (Lipinski definition) is 0. The molecule has 2 aliphatic carbocycles. The summed E-state index contributed by atoms with van der Waals surface area (Å²) in [6.07, 6.45) is 0. The van der Waals surface area contributed by atoms with Crippen molar-refractivity contribution >= 4 is 174 Å². The summed E-state index contributed by atoms with van der Waals surface area (Å²) in [6.45, 7) is 64.3. The molecular weight excluding hydrogens is 1480 g/mol. The molecule has 12 aromatic rings. The summed E-state index contributed by atoms with van der Waals surface area (Å²) in [5.74, 6) is 0. The van der Waals surface area contributed by atoms with Crippen molar-refractivity contribution in [3.8, 4) is 22.3 Å². The molecule has 0 saturated heterocycles. The molecule has 0 atom stereocenters. The lowest BCUT2D eigenvalue weighted by Gasteiger charge is -2.46. The highest BCUT2D eigenvalue weighted by atomic mass is 28.3. The van der Waals surface area contributed by atoms with Gasteiger partial charge in [0.2, 0.25) is 0 Å². The van der Waals surface area contributed by atoms with Gasteiger partial charge in [0, 0.05) is 79.1 Å². The van der Waals surface area contributed by atoms with E-state index in [4.69, 9.17) is 0 Å². The molecule has 0 bridgehead atoms. The highest BCUT2D eigenvalue weighted by Gasteiger charge is 2.58. The maximum absolute atomic E-state index is 2.65. The lowest BCUT2D eigenvalue weighted by Crippen LogP contribution is -2.44. The van der Waals surface area contributed by atoms with E-state index in [0.717, 1.165) is 68.2 Å². The molecule has 0 radical (unpaired) electrons. The molecule has 2 aliphatic rings. The zero-order valence-corrected chi connectivity index (χ0v) is 80.2. The average Bonchev–Trinajstić information content (AvgIpc) is 1.50. The van der Waals surface area contributed by atoms with E-state index in [9.17, 15) is 0 Å². The molecule has 112 heavy (non-hydrogen) atoms. The Kier molecular flexibility index (Phi) is 20.6. The van der Waals surface area contributed by atoms with Crippen LogP contribution in [0.3, 0.4) is 0 Å². The first kappa shape index (κ1) is 80.2. The summed E-state index contributed by atoms with van der Waals surface area (Å²) in [4.78, 5) is 10.2. The fourth-order valence-electron chi connectivity index (χ4n) is 17.3. The Morgan fingerprint density at radius 2 is 0.259 bits per heavy atom. The first-order valence-electron chi connectivity index (χ1n) is 41.0. The Morgan fingerprint density at radius 3 is 0.366 bits per heavy atom. The predicted molar refractivity (Wildman–Crippen MR) is 519 cm³/mol. The number of rotatable bonds is 21. The van der Waals surface area contributed by atoms with Gasteiger partial charge in [0.05, 0.1) is 64.6 Å². The summed E-state index contributed by atoms with van der Waals surface area (Å²) < 4.78 is 0. The fourth-order valence-corrected chi connectivity index (χ4v) is 26.7. The van der Waals surface area contributed by atoms with Gasteiger partial charge in [-0.05, 0) is 190 Å². The molecule has 14 rings (SSSR count). The highest BCUT2D eigenvalue weighted by Crippen LogP contribution is 2.67. The van der Waals surface area contributed by atoms with Gasteiger partial charge in [-0.1, -0.05) is 334 Å².